The molecule has 1 aromatic heterocycles. The van der Waals surface area contributed by atoms with Crippen LogP contribution in [-0.2, 0) is 15.5 Å². The fourth-order valence-corrected chi connectivity index (χ4v) is 6.52. The minimum Gasteiger partial charge on any atom is -0.371 e. The van der Waals surface area contributed by atoms with E-state index < -0.39 is 15.7 Å². The summed E-state index contributed by atoms with van der Waals surface area (Å²) in [5, 5.41) is 7.46. The van der Waals surface area contributed by atoms with Crippen LogP contribution in [0.4, 0.5) is 20.3 Å². The zero-order valence-electron chi connectivity index (χ0n) is 21.0. The number of carbonyl (C=O) groups excluding carboxylic acids is 1. The number of aryl methyl sites for hydroxylation is 1. The predicted molar refractivity (Wildman–Crippen MR) is 137 cm³/mol. The van der Waals surface area contributed by atoms with Gasteiger partial charge in [0.05, 0.1) is 17.4 Å². The number of piperidine rings is 1. The Morgan fingerprint density at radius 1 is 1.14 bits per heavy atom. The van der Waals surface area contributed by atoms with Crippen molar-refractivity contribution in [2.45, 2.75) is 76.0 Å². The second-order valence-corrected chi connectivity index (χ2v) is 13.4. The highest BCUT2D eigenvalue weighted by Gasteiger charge is 2.44. The van der Waals surface area contributed by atoms with E-state index >= 15 is 0 Å². The van der Waals surface area contributed by atoms with Crippen molar-refractivity contribution in [1.82, 2.24) is 9.78 Å². The maximum atomic E-state index is 13.6. The van der Waals surface area contributed by atoms with E-state index in [1.54, 1.807) is 22.9 Å². The van der Waals surface area contributed by atoms with E-state index in [9.17, 15) is 17.8 Å². The van der Waals surface area contributed by atoms with Gasteiger partial charge in [-0.2, -0.15) is 5.10 Å². The van der Waals surface area contributed by atoms with Gasteiger partial charge >= 0.3 is 0 Å². The van der Waals surface area contributed by atoms with Crippen LogP contribution in [0.2, 0.25) is 0 Å². The topological polar surface area (TPSA) is 91.1 Å². The number of nitrogens with one attached hydrogen (secondary N) is 2. The predicted octanol–water partition coefficient (Wildman–Crippen LogP) is 5.75. The molecule has 196 valence electrons. The summed E-state index contributed by atoms with van der Waals surface area (Å²) in [6.45, 7) is 3.61. The molecule has 1 atom stereocenters. The van der Waals surface area contributed by atoms with Gasteiger partial charge in [-0.05, 0) is 68.6 Å². The number of halogens is 2. The smallest absolute Gasteiger partial charge is 0.258 e. The summed E-state index contributed by atoms with van der Waals surface area (Å²) >= 11 is 0. The Morgan fingerprint density at radius 3 is 2.42 bits per heavy atom. The number of nitrogens with zero attached hydrogens (tertiary/aromatic N) is 3. The standard InChI is InChI=1S/C26H35F2N5O2S/c1-18-15-23(31-33(18)20-5-7-26(27,28)8-6-20)30-24(34)21-4-3-19(17-36(2,29)35)16-22(21)32-13-11-25(9-10-25)12-14-32/h3-4,15-16,20,29H,5-14,17H2,1-2H3,(H,30,31,34). The first-order valence-corrected chi connectivity index (χ1v) is 14.9. The molecule has 36 heavy (non-hydrogen) atoms. The summed E-state index contributed by atoms with van der Waals surface area (Å²) in [5.74, 6) is -2.34. The fourth-order valence-electron chi connectivity index (χ4n) is 5.71. The summed E-state index contributed by atoms with van der Waals surface area (Å²) in [6.07, 6.45) is 6.63. The molecule has 2 N–H and O–H groups in total. The van der Waals surface area contributed by atoms with Crippen LogP contribution >= 0.6 is 0 Å². The first-order valence-electron chi connectivity index (χ1n) is 12.8. The van der Waals surface area contributed by atoms with Gasteiger partial charge in [0.1, 0.15) is 0 Å². The van der Waals surface area contributed by atoms with Gasteiger partial charge in [-0.1, -0.05) is 6.07 Å². The molecule has 2 aromatic rings. The van der Waals surface area contributed by atoms with Crippen molar-refractivity contribution in [2.24, 2.45) is 5.41 Å². The highest BCUT2D eigenvalue weighted by molar-refractivity contribution is 7.90. The van der Waals surface area contributed by atoms with Crippen LogP contribution in [0.3, 0.4) is 0 Å². The van der Waals surface area contributed by atoms with Gasteiger partial charge in [-0.3, -0.25) is 14.3 Å². The number of anilines is 2. The van der Waals surface area contributed by atoms with Crippen molar-refractivity contribution in [1.29, 1.82) is 4.78 Å². The van der Waals surface area contributed by atoms with Crippen LogP contribution in [0.15, 0.2) is 24.3 Å². The first kappa shape index (κ1) is 25.2. The molecule has 3 fully saturated rings. The largest absolute Gasteiger partial charge is 0.371 e. The number of hydrogen-bond donors (Lipinski definition) is 2. The third-order valence-corrected chi connectivity index (χ3v) is 8.95. The van der Waals surface area contributed by atoms with Gasteiger partial charge in [0.25, 0.3) is 5.91 Å². The van der Waals surface area contributed by atoms with Gasteiger partial charge in [-0.25, -0.2) is 13.0 Å². The molecule has 0 radical (unpaired) electrons. The van der Waals surface area contributed by atoms with E-state index in [1.165, 1.54) is 19.1 Å². The Hall–Kier alpha value is -2.49. The van der Waals surface area contributed by atoms with E-state index in [0.717, 1.165) is 42.9 Å². The third kappa shape index (κ3) is 5.58. The molecule has 1 aliphatic heterocycles. The van der Waals surface area contributed by atoms with Crippen molar-refractivity contribution >= 4 is 27.1 Å². The average molecular weight is 520 g/mol. The second-order valence-electron chi connectivity index (χ2n) is 11.1. The molecule has 2 saturated carbocycles. The molecule has 3 aliphatic rings. The molecule has 1 saturated heterocycles. The number of amides is 1. The van der Waals surface area contributed by atoms with Crippen LogP contribution in [-0.4, -0.2) is 45.2 Å². The minimum atomic E-state index is -2.71. The monoisotopic (exact) mass is 519 g/mol. The molecule has 7 nitrogen and oxygen atoms in total. The second kappa shape index (κ2) is 9.11. The van der Waals surface area contributed by atoms with Gasteiger partial charge in [0, 0.05) is 59.4 Å². The first-order chi connectivity index (χ1) is 16.9. The van der Waals surface area contributed by atoms with Crippen LogP contribution in [0.5, 0.6) is 0 Å². The molecule has 1 spiro atoms. The molecular weight excluding hydrogens is 484 g/mol. The average Bonchev–Trinajstić information content (AvgIpc) is 3.45. The van der Waals surface area contributed by atoms with Crippen molar-refractivity contribution in [2.75, 3.05) is 29.6 Å². The Balaban J connectivity index is 1.36. The zero-order chi connectivity index (χ0) is 25.7. The summed E-state index contributed by atoms with van der Waals surface area (Å²) in [5.41, 5.74) is 3.42. The van der Waals surface area contributed by atoms with Crippen LogP contribution < -0.4 is 10.2 Å². The Kier molecular flexibility index (Phi) is 6.37. The quantitative estimate of drug-likeness (QED) is 0.508. The molecule has 1 unspecified atom stereocenters. The minimum absolute atomic E-state index is 0.0954. The number of alkyl halides is 2. The Bertz CT molecular complexity index is 1250. The van der Waals surface area contributed by atoms with Crippen molar-refractivity contribution in [3.05, 3.63) is 41.1 Å². The lowest BCUT2D eigenvalue weighted by atomic mass is 9.92. The van der Waals surface area contributed by atoms with Crippen LogP contribution in [0.1, 0.15) is 79.0 Å². The van der Waals surface area contributed by atoms with Crippen LogP contribution in [0, 0.1) is 17.1 Å². The van der Waals surface area contributed by atoms with E-state index in [2.05, 4.69) is 15.3 Å². The lowest BCUT2D eigenvalue weighted by Gasteiger charge is -2.35. The third-order valence-electron chi connectivity index (χ3n) is 8.07. The van der Waals surface area contributed by atoms with Crippen molar-refractivity contribution < 1.29 is 17.8 Å². The zero-order valence-corrected chi connectivity index (χ0v) is 21.8. The summed E-state index contributed by atoms with van der Waals surface area (Å²) in [7, 11) is -2.71. The van der Waals surface area contributed by atoms with E-state index in [0.29, 0.717) is 29.6 Å². The van der Waals surface area contributed by atoms with Gasteiger partial charge in [0.15, 0.2) is 5.82 Å². The van der Waals surface area contributed by atoms with Gasteiger partial charge in [-0.15, -0.1) is 0 Å². The van der Waals surface area contributed by atoms with Crippen LogP contribution in [0.25, 0.3) is 0 Å². The molecule has 10 heteroatoms. The number of aromatic nitrogens is 2. The van der Waals surface area contributed by atoms with Gasteiger partial charge in [0.2, 0.25) is 5.92 Å². The fraction of sp³-hybridized carbons (Fsp3) is 0.615. The number of carbonyl (C=O) groups is 1. The van der Waals surface area contributed by atoms with Crippen molar-refractivity contribution in [3.8, 4) is 0 Å². The molecular formula is C26H35F2N5O2S. The molecule has 2 aliphatic carbocycles. The lowest BCUT2D eigenvalue weighted by Crippen LogP contribution is -2.35. The summed E-state index contributed by atoms with van der Waals surface area (Å²) < 4.78 is 48.9. The molecule has 0 bridgehead atoms. The molecule has 1 aromatic carbocycles. The highest BCUT2D eigenvalue weighted by atomic mass is 32.2. The summed E-state index contributed by atoms with van der Waals surface area (Å²) in [6, 6.07) is 7.11. The number of benzene rings is 1. The number of hydrogen-bond acceptors (Lipinski definition) is 5. The molecule has 1 amide bonds. The Morgan fingerprint density at radius 2 is 1.81 bits per heavy atom. The van der Waals surface area contributed by atoms with Gasteiger partial charge < -0.3 is 10.2 Å². The van der Waals surface area contributed by atoms with E-state index in [-0.39, 0.29) is 30.5 Å². The molecule has 2 heterocycles. The lowest BCUT2D eigenvalue weighted by molar-refractivity contribution is -0.0451. The maximum absolute atomic E-state index is 13.6. The number of rotatable bonds is 6. The normalized spacial score (nSPS) is 22.8. The summed E-state index contributed by atoms with van der Waals surface area (Å²) in [4.78, 5) is 15.6. The van der Waals surface area contributed by atoms with Crippen molar-refractivity contribution in [3.63, 3.8) is 0 Å². The molecule has 5 rings (SSSR count). The highest BCUT2D eigenvalue weighted by Crippen LogP contribution is 2.54. The Labute approximate surface area is 211 Å². The SMILES string of the molecule is Cc1cc(NC(=O)c2ccc(CS(C)(=N)=O)cc2N2CCC3(CC2)CC3)nn1C1CCC(F)(F)CC1. The van der Waals surface area contributed by atoms with E-state index in [4.69, 9.17) is 4.78 Å². The van der Waals surface area contributed by atoms with E-state index in [1.807, 2.05) is 13.0 Å². The maximum Gasteiger partial charge on any atom is 0.258 e.